The molecular weight excluding hydrogens is 324 g/mol. The van der Waals surface area contributed by atoms with Gasteiger partial charge in [-0.25, -0.2) is 9.97 Å². The zero-order valence-electron chi connectivity index (χ0n) is 15.2. The van der Waals surface area contributed by atoms with Gasteiger partial charge in [-0.1, -0.05) is 54.1 Å². The molecule has 0 aliphatic carbocycles. The van der Waals surface area contributed by atoms with Crippen molar-refractivity contribution in [1.82, 2.24) is 15.3 Å². The molecule has 132 valence electrons. The average Bonchev–Trinajstić information content (AvgIpc) is 2.66. The van der Waals surface area contributed by atoms with E-state index < -0.39 is 0 Å². The summed E-state index contributed by atoms with van der Waals surface area (Å²) >= 11 is 0. The van der Waals surface area contributed by atoms with Crippen LogP contribution in [0, 0.1) is 6.92 Å². The number of carbonyl (C=O) groups is 1. The molecule has 0 radical (unpaired) electrons. The van der Waals surface area contributed by atoms with Crippen molar-refractivity contribution in [1.29, 1.82) is 0 Å². The summed E-state index contributed by atoms with van der Waals surface area (Å²) < 4.78 is 0. The van der Waals surface area contributed by atoms with Gasteiger partial charge in [-0.15, -0.1) is 0 Å². The van der Waals surface area contributed by atoms with E-state index >= 15 is 0 Å². The molecule has 0 bridgehead atoms. The predicted molar refractivity (Wildman–Crippen MR) is 104 cm³/mol. The van der Waals surface area contributed by atoms with Gasteiger partial charge in [-0.2, -0.15) is 0 Å². The Bertz CT molecular complexity index is 907. The molecule has 0 saturated carbocycles. The summed E-state index contributed by atoms with van der Waals surface area (Å²) in [5.74, 6) is 1.02. The van der Waals surface area contributed by atoms with Gasteiger partial charge >= 0.3 is 0 Å². The second-order valence-corrected chi connectivity index (χ2v) is 6.36. The Balaban J connectivity index is 1.86. The standard InChI is InChI=1S/C21H22N4O/c1-15-8-7-11-17(12-15)19-22-14-18(20(24-19)25(2)3)21(26)23-13-16-9-5-4-6-10-16/h4-12,14H,13H2,1-3H3,(H,23,26). The van der Waals surface area contributed by atoms with Gasteiger partial charge in [0.1, 0.15) is 11.4 Å². The number of nitrogens with one attached hydrogen (secondary N) is 1. The molecule has 2 aromatic carbocycles. The van der Waals surface area contributed by atoms with Crippen molar-refractivity contribution in [3.8, 4) is 11.4 Å². The third kappa shape index (κ3) is 4.06. The number of rotatable bonds is 5. The van der Waals surface area contributed by atoms with E-state index in [4.69, 9.17) is 0 Å². The first-order chi connectivity index (χ1) is 12.5. The molecule has 1 aromatic heterocycles. The average molecular weight is 346 g/mol. The lowest BCUT2D eigenvalue weighted by Crippen LogP contribution is -2.26. The van der Waals surface area contributed by atoms with Crippen LogP contribution in [0.3, 0.4) is 0 Å². The van der Waals surface area contributed by atoms with Crippen LogP contribution in [0.1, 0.15) is 21.5 Å². The van der Waals surface area contributed by atoms with E-state index in [0.717, 1.165) is 16.7 Å². The molecule has 0 saturated heterocycles. The highest BCUT2D eigenvalue weighted by Crippen LogP contribution is 2.22. The first kappa shape index (κ1) is 17.6. The maximum absolute atomic E-state index is 12.6. The number of anilines is 1. The quantitative estimate of drug-likeness (QED) is 0.769. The number of carbonyl (C=O) groups excluding carboxylic acids is 1. The molecule has 0 aliphatic rings. The molecule has 1 heterocycles. The second-order valence-electron chi connectivity index (χ2n) is 6.36. The highest BCUT2D eigenvalue weighted by Gasteiger charge is 2.17. The minimum absolute atomic E-state index is 0.187. The van der Waals surface area contributed by atoms with Gasteiger partial charge < -0.3 is 10.2 Å². The van der Waals surface area contributed by atoms with Crippen molar-refractivity contribution in [2.24, 2.45) is 0 Å². The molecule has 1 N–H and O–H groups in total. The number of hydrogen-bond donors (Lipinski definition) is 1. The first-order valence-electron chi connectivity index (χ1n) is 8.48. The Labute approximate surface area is 153 Å². The van der Waals surface area contributed by atoms with Crippen LogP contribution in [0.5, 0.6) is 0 Å². The minimum Gasteiger partial charge on any atom is -0.362 e. The Hall–Kier alpha value is -3.21. The molecule has 1 amide bonds. The summed E-state index contributed by atoms with van der Waals surface area (Å²) in [6.07, 6.45) is 1.60. The number of nitrogens with zero attached hydrogens (tertiary/aromatic N) is 3. The Morgan fingerprint density at radius 3 is 2.54 bits per heavy atom. The smallest absolute Gasteiger partial charge is 0.256 e. The van der Waals surface area contributed by atoms with Gasteiger partial charge in [-0.3, -0.25) is 4.79 Å². The highest BCUT2D eigenvalue weighted by atomic mass is 16.1. The zero-order chi connectivity index (χ0) is 18.5. The molecule has 5 nitrogen and oxygen atoms in total. The first-order valence-corrected chi connectivity index (χ1v) is 8.48. The van der Waals surface area contributed by atoms with E-state index in [1.165, 1.54) is 0 Å². The topological polar surface area (TPSA) is 58.1 Å². The van der Waals surface area contributed by atoms with Crippen LogP contribution in [0.25, 0.3) is 11.4 Å². The van der Waals surface area contributed by atoms with Crippen molar-refractivity contribution in [3.05, 3.63) is 77.5 Å². The molecule has 0 spiro atoms. The Morgan fingerprint density at radius 1 is 1.08 bits per heavy atom. The third-order valence-electron chi connectivity index (χ3n) is 4.01. The normalized spacial score (nSPS) is 10.4. The zero-order valence-corrected chi connectivity index (χ0v) is 15.2. The van der Waals surface area contributed by atoms with E-state index in [9.17, 15) is 4.79 Å². The van der Waals surface area contributed by atoms with Crippen molar-refractivity contribution in [2.75, 3.05) is 19.0 Å². The van der Waals surface area contributed by atoms with Crippen LogP contribution in [-0.4, -0.2) is 30.0 Å². The summed E-state index contributed by atoms with van der Waals surface area (Å²) in [7, 11) is 3.74. The summed E-state index contributed by atoms with van der Waals surface area (Å²) in [6.45, 7) is 2.49. The fraction of sp³-hybridized carbons (Fsp3) is 0.190. The monoisotopic (exact) mass is 346 g/mol. The lowest BCUT2D eigenvalue weighted by molar-refractivity contribution is 0.0951. The Morgan fingerprint density at radius 2 is 1.85 bits per heavy atom. The lowest BCUT2D eigenvalue weighted by atomic mass is 10.1. The molecule has 0 aliphatic heterocycles. The van der Waals surface area contributed by atoms with Gasteiger partial charge in [0.15, 0.2) is 5.82 Å². The van der Waals surface area contributed by atoms with Crippen LogP contribution in [0.2, 0.25) is 0 Å². The summed E-state index contributed by atoms with van der Waals surface area (Å²) in [6, 6.07) is 17.8. The number of benzene rings is 2. The molecule has 0 unspecified atom stereocenters. The van der Waals surface area contributed by atoms with E-state index in [1.54, 1.807) is 6.20 Å². The van der Waals surface area contributed by atoms with Crippen LogP contribution in [0.4, 0.5) is 5.82 Å². The van der Waals surface area contributed by atoms with Crippen molar-refractivity contribution < 1.29 is 4.79 Å². The fourth-order valence-corrected chi connectivity index (χ4v) is 2.67. The number of amides is 1. The molecule has 0 atom stereocenters. The molecule has 5 heteroatoms. The SMILES string of the molecule is Cc1cccc(-c2ncc(C(=O)NCc3ccccc3)c(N(C)C)n2)c1. The number of aryl methyl sites for hydroxylation is 1. The summed E-state index contributed by atoms with van der Waals surface area (Å²) in [5.41, 5.74) is 3.58. The number of hydrogen-bond acceptors (Lipinski definition) is 4. The van der Waals surface area contributed by atoms with E-state index in [-0.39, 0.29) is 5.91 Å². The fourth-order valence-electron chi connectivity index (χ4n) is 2.67. The van der Waals surface area contributed by atoms with Crippen LogP contribution in [0.15, 0.2) is 60.8 Å². The third-order valence-corrected chi connectivity index (χ3v) is 4.01. The van der Waals surface area contributed by atoms with Crippen LogP contribution in [-0.2, 0) is 6.54 Å². The molecule has 3 aromatic rings. The van der Waals surface area contributed by atoms with Crippen LogP contribution < -0.4 is 10.2 Å². The van der Waals surface area contributed by atoms with Gasteiger partial charge in [0, 0.05) is 32.4 Å². The molecule has 26 heavy (non-hydrogen) atoms. The second kappa shape index (κ2) is 7.78. The molecule has 3 rings (SSSR count). The van der Waals surface area contributed by atoms with Crippen LogP contribution >= 0.6 is 0 Å². The van der Waals surface area contributed by atoms with Crippen molar-refractivity contribution in [2.45, 2.75) is 13.5 Å². The molecule has 0 fully saturated rings. The predicted octanol–water partition coefficient (Wildman–Crippen LogP) is 3.45. The van der Waals surface area contributed by atoms with Crippen molar-refractivity contribution >= 4 is 11.7 Å². The van der Waals surface area contributed by atoms with Crippen molar-refractivity contribution in [3.63, 3.8) is 0 Å². The maximum atomic E-state index is 12.6. The van der Waals surface area contributed by atoms with E-state index in [1.807, 2.05) is 80.5 Å². The minimum atomic E-state index is -0.187. The molecular formula is C21H22N4O. The van der Waals surface area contributed by atoms with E-state index in [2.05, 4.69) is 15.3 Å². The van der Waals surface area contributed by atoms with E-state index in [0.29, 0.717) is 23.8 Å². The lowest BCUT2D eigenvalue weighted by Gasteiger charge is -2.17. The van der Waals surface area contributed by atoms with Gasteiger partial charge in [0.2, 0.25) is 0 Å². The summed E-state index contributed by atoms with van der Waals surface area (Å²) in [4.78, 5) is 23.5. The highest BCUT2D eigenvalue weighted by molar-refractivity contribution is 5.98. The number of aromatic nitrogens is 2. The maximum Gasteiger partial charge on any atom is 0.256 e. The van der Waals surface area contributed by atoms with Gasteiger partial charge in [0.25, 0.3) is 5.91 Å². The Kier molecular flexibility index (Phi) is 5.27. The largest absolute Gasteiger partial charge is 0.362 e. The summed E-state index contributed by atoms with van der Waals surface area (Å²) in [5, 5.41) is 2.93. The van der Waals surface area contributed by atoms with Gasteiger partial charge in [0.05, 0.1) is 0 Å². The van der Waals surface area contributed by atoms with Gasteiger partial charge in [-0.05, 0) is 18.6 Å².